The number of alkyl halides is 1. The van der Waals surface area contributed by atoms with E-state index in [4.69, 9.17) is 0 Å². The van der Waals surface area contributed by atoms with Crippen molar-refractivity contribution in [3.63, 3.8) is 0 Å². The van der Waals surface area contributed by atoms with Gasteiger partial charge < -0.3 is 9.67 Å². The summed E-state index contributed by atoms with van der Waals surface area (Å²) in [6, 6.07) is 16.9. The van der Waals surface area contributed by atoms with Gasteiger partial charge in [-0.25, -0.2) is 9.07 Å². The molecule has 6 heteroatoms. The molecule has 1 N–H and O–H groups in total. The van der Waals surface area contributed by atoms with Gasteiger partial charge in [0, 0.05) is 41.3 Å². The third-order valence-electron chi connectivity index (χ3n) is 5.47. The van der Waals surface area contributed by atoms with Gasteiger partial charge in [0.25, 0.3) is 0 Å². The van der Waals surface area contributed by atoms with Gasteiger partial charge in [0.1, 0.15) is 12.3 Å². The summed E-state index contributed by atoms with van der Waals surface area (Å²) >= 11 is 0. The highest BCUT2D eigenvalue weighted by Crippen LogP contribution is 2.37. The van der Waals surface area contributed by atoms with Crippen LogP contribution in [0.4, 0.5) is 4.39 Å². The molecule has 0 saturated carbocycles. The number of hydrogen-bond acceptors (Lipinski definition) is 3. The van der Waals surface area contributed by atoms with E-state index in [1.165, 1.54) is 0 Å². The Balaban J connectivity index is 1.67. The number of benzene rings is 2. The van der Waals surface area contributed by atoms with E-state index in [9.17, 15) is 9.50 Å². The smallest absolute Gasteiger partial charge is 0.145 e. The summed E-state index contributed by atoms with van der Waals surface area (Å²) in [4.78, 5) is 4.14. The standard InChI is InChI=1S/C23H19FN4O/c1-27-14-20(19-6-2-3-7-22(19)27)23(29,15-24)17-8-9-21-16(11-17)12-26-28(21)18-5-4-10-25-13-18/h2-14,29H,15H2,1H3. The van der Waals surface area contributed by atoms with E-state index >= 15 is 0 Å². The molecule has 29 heavy (non-hydrogen) atoms. The number of halogens is 1. The lowest BCUT2D eigenvalue weighted by atomic mass is 9.86. The highest BCUT2D eigenvalue weighted by molar-refractivity contribution is 5.86. The maximum Gasteiger partial charge on any atom is 0.145 e. The van der Waals surface area contributed by atoms with Gasteiger partial charge >= 0.3 is 0 Å². The molecule has 1 atom stereocenters. The molecule has 5 aromatic rings. The van der Waals surface area contributed by atoms with E-state index < -0.39 is 12.3 Å². The molecule has 5 nitrogen and oxygen atoms in total. The van der Waals surface area contributed by atoms with Crippen molar-refractivity contribution in [1.29, 1.82) is 0 Å². The second-order valence-corrected chi connectivity index (χ2v) is 7.21. The van der Waals surface area contributed by atoms with Crippen molar-refractivity contribution in [3.05, 3.63) is 90.5 Å². The summed E-state index contributed by atoms with van der Waals surface area (Å²) in [7, 11) is 1.89. The summed E-state index contributed by atoms with van der Waals surface area (Å²) in [5, 5.41) is 17.5. The van der Waals surface area contributed by atoms with Crippen LogP contribution in [0.5, 0.6) is 0 Å². The molecule has 0 aliphatic carbocycles. The Kier molecular flexibility index (Phi) is 3.96. The first kappa shape index (κ1) is 17.6. The fourth-order valence-corrected chi connectivity index (χ4v) is 3.95. The Hall–Kier alpha value is -3.51. The molecule has 1 unspecified atom stereocenters. The highest BCUT2D eigenvalue weighted by atomic mass is 19.1. The predicted octanol–water partition coefficient (Wildman–Crippen LogP) is 4.12. The Morgan fingerprint density at radius 3 is 2.69 bits per heavy atom. The quantitative estimate of drug-likeness (QED) is 0.506. The van der Waals surface area contributed by atoms with Crippen LogP contribution in [0.1, 0.15) is 11.1 Å². The molecule has 0 amide bonds. The number of fused-ring (bicyclic) bond motifs is 2. The van der Waals surface area contributed by atoms with Crippen LogP contribution in [-0.2, 0) is 12.6 Å². The predicted molar refractivity (Wildman–Crippen MR) is 111 cm³/mol. The number of aromatic nitrogens is 4. The summed E-state index contributed by atoms with van der Waals surface area (Å²) in [6.07, 6.45) is 6.95. The van der Waals surface area contributed by atoms with Crippen molar-refractivity contribution >= 4 is 21.8 Å². The van der Waals surface area contributed by atoms with Gasteiger partial charge in [-0.3, -0.25) is 4.98 Å². The maximum absolute atomic E-state index is 14.3. The lowest BCUT2D eigenvalue weighted by Crippen LogP contribution is -2.29. The number of hydrogen-bond donors (Lipinski definition) is 1. The van der Waals surface area contributed by atoms with Crippen molar-refractivity contribution in [2.24, 2.45) is 7.05 Å². The van der Waals surface area contributed by atoms with E-state index in [2.05, 4.69) is 10.1 Å². The molecular weight excluding hydrogens is 367 g/mol. The van der Waals surface area contributed by atoms with Crippen LogP contribution in [0.25, 0.3) is 27.5 Å². The van der Waals surface area contributed by atoms with Crippen LogP contribution in [0.3, 0.4) is 0 Å². The van der Waals surface area contributed by atoms with E-state index in [1.807, 2.05) is 54.1 Å². The summed E-state index contributed by atoms with van der Waals surface area (Å²) in [6.45, 7) is -0.927. The number of nitrogens with zero attached hydrogens (tertiary/aromatic N) is 4. The zero-order valence-corrected chi connectivity index (χ0v) is 15.8. The summed E-state index contributed by atoms with van der Waals surface area (Å²) in [5.41, 5.74) is 1.95. The third-order valence-corrected chi connectivity index (χ3v) is 5.47. The molecule has 0 radical (unpaired) electrons. The first-order valence-electron chi connectivity index (χ1n) is 9.33. The van der Waals surface area contributed by atoms with Crippen molar-refractivity contribution < 1.29 is 9.50 Å². The number of para-hydroxylation sites is 1. The maximum atomic E-state index is 14.3. The number of rotatable bonds is 4. The third kappa shape index (κ3) is 2.64. The molecule has 0 saturated heterocycles. The van der Waals surface area contributed by atoms with Gasteiger partial charge in [-0.05, 0) is 35.9 Å². The van der Waals surface area contributed by atoms with Crippen LogP contribution >= 0.6 is 0 Å². The fourth-order valence-electron chi connectivity index (χ4n) is 3.95. The van der Waals surface area contributed by atoms with Crippen LogP contribution in [0.2, 0.25) is 0 Å². The van der Waals surface area contributed by atoms with Crippen molar-refractivity contribution in [2.45, 2.75) is 5.60 Å². The normalized spacial score (nSPS) is 13.8. The monoisotopic (exact) mass is 386 g/mol. The number of aliphatic hydroxyl groups is 1. The van der Waals surface area contributed by atoms with E-state index in [0.29, 0.717) is 11.1 Å². The van der Waals surface area contributed by atoms with Crippen LogP contribution in [0.15, 0.2) is 79.4 Å². The van der Waals surface area contributed by atoms with E-state index in [1.54, 1.807) is 41.6 Å². The lowest BCUT2D eigenvalue weighted by Gasteiger charge is -2.25. The minimum atomic E-state index is -1.74. The second-order valence-electron chi connectivity index (χ2n) is 7.21. The van der Waals surface area contributed by atoms with Crippen molar-refractivity contribution in [2.75, 3.05) is 6.67 Å². The fraction of sp³-hybridized carbons (Fsp3) is 0.130. The molecule has 0 aliphatic heterocycles. The molecule has 0 bridgehead atoms. The lowest BCUT2D eigenvalue weighted by molar-refractivity contribution is 0.0532. The molecule has 5 rings (SSSR count). The molecule has 3 aromatic heterocycles. The van der Waals surface area contributed by atoms with E-state index in [0.717, 1.165) is 27.5 Å². The average Bonchev–Trinajstić information content (AvgIpc) is 3.35. The molecule has 3 heterocycles. The largest absolute Gasteiger partial charge is 0.378 e. The van der Waals surface area contributed by atoms with Crippen molar-refractivity contribution in [1.82, 2.24) is 19.3 Å². The minimum absolute atomic E-state index is 0.495. The van der Waals surface area contributed by atoms with Gasteiger partial charge in [-0.1, -0.05) is 24.3 Å². The Morgan fingerprint density at radius 2 is 1.90 bits per heavy atom. The minimum Gasteiger partial charge on any atom is -0.378 e. The number of aryl methyl sites for hydroxylation is 1. The van der Waals surface area contributed by atoms with Crippen LogP contribution in [0, 0.1) is 0 Å². The highest BCUT2D eigenvalue weighted by Gasteiger charge is 2.35. The SMILES string of the molecule is Cn1cc(C(O)(CF)c2ccc3c(cnn3-c3cccnc3)c2)c2ccccc21. The first-order valence-corrected chi connectivity index (χ1v) is 9.33. The summed E-state index contributed by atoms with van der Waals surface area (Å²) in [5.74, 6) is 0. The first-order chi connectivity index (χ1) is 14.1. The molecule has 0 spiro atoms. The van der Waals surface area contributed by atoms with Gasteiger partial charge in [-0.2, -0.15) is 5.10 Å². The second kappa shape index (κ2) is 6.53. The van der Waals surface area contributed by atoms with Gasteiger partial charge in [0.15, 0.2) is 0 Å². The zero-order chi connectivity index (χ0) is 20.0. The van der Waals surface area contributed by atoms with Gasteiger partial charge in [-0.15, -0.1) is 0 Å². The van der Waals surface area contributed by atoms with Gasteiger partial charge in [0.05, 0.1) is 23.6 Å². The Labute approximate surface area is 166 Å². The van der Waals surface area contributed by atoms with Crippen LogP contribution in [-0.4, -0.2) is 31.1 Å². The zero-order valence-electron chi connectivity index (χ0n) is 15.8. The summed E-state index contributed by atoms with van der Waals surface area (Å²) < 4.78 is 18.0. The topological polar surface area (TPSA) is 55.9 Å². The molecular formula is C23H19FN4O. The molecule has 0 aliphatic rings. The molecule has 144 valence electrons. The Bertz CT molecular complexity index is 1320. The molecule has 0 fully saturated rings. The Morgan fingerprint density at radius 1 is 1.03 bits per heavy atom. The average molecular weight is 386 g/mol. The number of pyridine rings is 1. The van der Waals surface area contributed by atoms with Crippen molar-refractivity contribution in [3.8, 4) is 5.69 Å². The van der Waals surface area contributed by atoms with Gasteiger partial charge in [0.2, 0.25) is 0 Å². The van der Waals surface area contributed by atoms with E-state index in [-0.39, 0.29) is 0 Å². The molecule has 2 aromatic carbocycles. The van der Waals surface area contributed by atoms with Crippen LogP contribution < -0.4 is 0 Å².